The molecular formula is C21H28N6O2. The maximum atomic E-state index is 12.4. The molecule has 4 heterocycles. The number of fused-ring (bicyclic) bond motifs is 1. The van der Waals surface area contributed by atoms with Crippen LogP contribution in [0.25, 0.3) is 11.2 Å². The molecule has 0 radical (unpaired) electrons. The lowest BCUT2D eigenvalue weighted by Crippen LogP contribution is -2.38. The maximum Gasteiger partial charge on any atom is 0.299 e. The molecule has 8 nitrogen and oxygen atoms in total. The lowest BCUT2D eigenvalue weighted by Gasteiger charge is -2.31. The van der Waals surface area contributed by atoms with Gasteiger partial charge in [0.2, 0.25) is 11.6 Å². The molecule has 1 aliphatic heterocycles. The van der Waals surface area contributed by atoms with Gasteiger partial charge < -0.3 is 14.6 Å². The molecule has 154 valence electrons. The number of anilines is 1. The Balaban J connectivity index is 1.23. The minimum Gasteiger partial charge on any atom is -0.422 e. The molecule has 0 aliphatic carbocycles. The van der Waals surface area contributed by atoms with E-state index in [9.17, 15) is 4.79 Å². The third kappa shape index (κ3) is 4.75. The summed E-state index contributed by atoms with van der Waals surface area (Å²) >= 11 is 0. The second kappa shape index (κ2) is 8.63. The quantitative estimate of drug-likeness (QED) is 0.618. The van der Waals surface area contributed by atoms with Gasteiger partial charge in [-0.3, -0.25) is 9.48 Å². The van der Waals surface area contributed by atoms with E-state index < -0.39 is 0 Å². The van der Waals surface area contributed by atoms with Crippen LogP contribution < -0.4 is 10.2 Å². The number of aryl methyl sites for hydroxylation is 3. The largest absolute Gasteiger partial charge is 0.422 e. The molecule has 1 amide bonds. The molecule has 1 saturated heterocycles. The lowest BCUT2D eigenvalue weighted by atomic mass is 9.94. The van der Waals surface area contributed by atoms with Crippen molar-refractivity contribution in [2.75, 3.05) is 24.5 Å². The first-order chi connectivity index (χ1) is 14.1. The van der Waals surface area contributed by atoms with Crippen molar-refractivity contribution in [2.45, 2.75) is 46.1 Å². The van der Waals surface area contributed by atoms with Crippen molar-refractivity contribution in [3.63, 3.8) is 0 Å². The van der Waals surface area contributed by atoms with Crippen LogP contribution in [0, 0.1) is 19.8 Å². The maximum absolute atomic E-state index is 12.4. The average Bonchev–Trinajstić information content (AvgIpc) is 3.28. The fourth-order valence-electron chi connectivity index (χ4n) is 3.99. The number of carbonyl (C=O) groups excluding carboxylic acids is 1. The molecule has 3 aromatic rings. The summed E-state index contributed by atoms with van der Waals surface area (Å²) < 4.78 is 7.83. The Kier molecular flexibility index (Phi) is 5.78. The molecule has 1 fully saturated rings. The Morgan fingerprint density at radius 2 is 2.28 bits per heavy atom. The van der Waals surface area contributed by atoms with Gasteiger partial charge in [0.15, 0.2) is 5.58 Å². The van der Waals surface area contributed by atoms with Crippen molar-refractivity contribution in [1.82, 2.24) is 25.1 Å². The predicted octanol–water partition coefficient (Wildman–Crippen LogP) is 2.85. The van der Waals surface area contributed by atoms with Gasteiger partial charge in [-0.1, -0.05) is 0 Å². The number of rotatable bonds is 7. The molecule has 0 bridgehead atoms. The summed E-state index contributed by atoms with van der Waals surface area (Å²) in [6, 6.07) is 6.39. The van der Waals surface area contributed by atoms with Gasteiger partial charge in [-0.25, -0.2) is 4.98 Å². The van der Waals surface area contributed by atoms with Gasteiger partial charge in [0.25, 0.3) is 6.01 Å². The SMILES string of the molecule is Cc1cc(C)n(CCCNC(=O)CC2CCCN(c3nc4ncccc4o3)C2)n1. The van der Waals surface area contributed by atoms with Crippen LogP contribution in [-0.2, 0) is 11.3 Å². The van der Waals surface area contributed by atoms with E-state index in [-0.39, 0.29) is 5.91 Å². The van der Waals surface area contributed by atoms with Gasteiger partial charge in [0.05, 0.1) is 5.69 Å². The second-order valence-electron chi connectivity index (χ2n) is 7.83. The smallest absolute Gasteiger partial charge is 0.299 e. The highest BCUT2D eigenvalue weighted by Crippen LogP contribution is 2.26. The zero-order valence-electron chi connectivity index (χ0n) is 17.1. The Hall–Kier alpha value is -2.90. The molecule has 3 aromatic heterocycles. The fourth-order valence-corrected chi connectivity index (χ4v) is 3.99. The summed E-state index contributed by atoms with van der Waals surface area (Å²) in [4.78, 5) is 23.2. The summed E-state index contributed by atoms with van der Waals surface area (Å²) in [5.74, 6) is 0.423. The number of pyridine rings is 1. The van der Waals surface area contributed by atoms with Crippen LogP contribution in [0.15, 0.2) is 28.8 Å². The summed E-state index contributed by atoms with van der Waals surface area (Å²) in [5.41, 5.74) is 3.52. The molecule has 0 spiro atoms. The number of nitrogens with zero attached hydrogens (tertiary/aromatic N) is 5. The first-order valence-corrected chi connectivity index (χ1v) is 10.3. The second-order valence-corrected chi connectivity index (χ2v) is 7.83. The van der Waals surface area contributed by atoms with Crippen LogP contribution >= 0.6 is 0 Å². The first-order valence-electron chi connectivity index (χ1n) is 10.3. The van der Waals surface area contributed by atoms with Gasteiger partial charge >= 0.3 is 0 Å². The summed E-state index contributed by atoms with van der Waals surface area (Å²) in [6.45, 7) is 7.23. The molecule has 1 atom stereocenters. The van der Waals surface area contributed by atoms with E-state index in [0.717, 1.165) is 50.3 Å². The number of carbonyl (C=O) groups is 1. The third-order valence-corrected chi connectivity index (χ3v) is 5.39. The average molecular weight is 396 g/mol. The van der Waals surface area contributed by atoms with Crippen LogP contribution in [0.2, 0.25) is 0 Å². The molecule has 4 rings (SSSR count). The van der Waals surface area contributed by atoms with Crippen molar-refractivity contribution in [3.8, 4) is 0 Å². The number of nitrogens with one attached hydrogen (secondary N) is 1. The minimum atomic E-state index is 0.115. The zero-order valence-corrected chi connectivity index (χ0v) is 17.1. The molecular weight excluding hydrogens is 368 g/mol. The number of hydrogen-bond acceptors (Lipinski definition) is 6. The van der Waals surface area contributed by atoms with Gasteiger partial charge in [-0.2, -0.15) is 10.1 Å². The molecule has 0 saturated carbocycles. The topological polar surface area (TPSA) is 89.1 Å². The van der Waals surface area contributed by atoms with Crippen molar-refractivity contribution in [3.05, 3.63) is 35.8 Å². The van der Waals surface area contributed by atoms with E-state index >= 15 is 0 Å². The number of aromatic nitrogens is 4. The number of oxazole rings is 1. The predicted molar refractivity (Wildman–Crippen MR) is 111 cm³/mol. The van der Waals surface area contributed by atoms with Crippen molar-refractivity contribution >= 4 is 23.2 Å². The summed E-state index contributed by atoms with van der Waals surface area (Å²) in [6.07, 6.45) is 5.21. The highest BCUT2D eigenvalue weighted by atomic mass is 16.4. The fraction of sp³-hybridized carbons (Fsp3) is 0.524. The van der Waals surface area contributed by atoms with Gasteiger partial charge in [-0.15, -0.1) is 0 Å². The molecule has 1 N–H and O–H groups in total. The Morgan fingerprint density at radius 1 is 1.38 bits per heavy atom. The van der Waals surface area contributed by atoms with Crippen LogP contribution in [0.3, 0.4) is 0 Å². The lowest BCUT2D eigenvalue weighted by molar-refractivity contribution is -0.122. The van der Waals surface area contributed by atoms with Gasteiger partial charge in [0, 0.05) is 44.5 Å². The molecule has 29 heavy (non-hydrogen) atoms. The standard InChI is InChI=1S/C21H28N6O2/c1-15-12-16(2)27(25-15)11-5-9-22-19(28)13-17-6-4-10-26(14-17)21-24-20-18(29-21)7-3-8-23-20/h3,7-8,12,17H,4-6,9-11,13-14H2,1-2H3,(H,22,28). The summed E-state index contributed by atoms with van der Waals surface area (Å²) in [7, 11) is 0. The molecule has 8 heteroatoms. The van der Waals surface area contributed by atoms with Crippen LogP contribution in [0.1, 0.15) is 37.1 Å². The van der Waals surface area contributed by atoms with E-state index in [1.807, 2.05) is 23.7 Å². The van der Waals surface area contributed by atoms with Crippen LogP contribution in [0.5, 0.6) is 0 Å². The molecule has 1 aliphatic rings. The van der Waals surface area contributed by atoms with Crippen molar-refractivity contribution < 1.29 is 9.21 Å². The van der Waals surface area contributed by atoms with Crippen LogP contribution in [-0.4, -0.2) is 45.3 Å². The Bertz CT molecular complexity index is 946. The van der Waals surface area contributed by atoms with Crippen molar-refractivity contribution in [2.24, 2.45) is 5.92 Å². The normalized spacial score (nSPS) is 17.0. The van der Waals surface area contributed by atoms with E-state index in [1.165, 1.54) is 0 Å². The number of piperidine rings is 1. The number of hydrogen-bond donors (Lipinski definition) is 1. The summed E-state index contributed by atoms with van der Waals surface area (Å²) in [5, 5.41) is 7.51. The first kappa shape index (κ1) is 19.4. The number of amides is 1. The molecule has 1 unspecified atom stereocenters. The van der Waals surface area contributed by atoms with E-state index in [4.69, 9.17) is 4.42 Å². The Labute approximate surface area is 170 Å². The van der Waals surface area contributed by atoms with E-state index in [1.54, 1.807) is 6.20 Å². The third-order valence-electron chi connectivity index (χ3n) is 5.39. The Morgan fingerprint density at radius 3 is 3.07 bits per heavy atom. The van der Waals surface area contributed by atoms with Crippen molar-refractivity contribution in [1.29, 1.82) is 0 Å². The highest BCUT2D eigenvalue weighted by Gasteiger charge is 2.25. The van der Waals surface area contributed by atoms with E-state index in [0.29, 0.717) is 36.1 Å². The highest BCUT2D eigenvalue weighted by molar-refractivity contribution is 5.76. The molecule has 0 aromatic carbocycles. The minimum absolute atomic E-state index is 0.115. The van der Waals surface area contributed by atoms with Crippen LogP contribution in [0.4, 0.5) is 6.01 Å². The van der Waals surface area contributed by atoms with E-state index in [2.05, 4.69) is 38.3 Å². The zero-order chi connectivity index (χ0) is 20.2. The van der Waals surface area contributed by atoms with Gasteiger partial charge in [-0.05, 0) is 57.2 Å². The monoisotopic (exact) mass is 396 g/mol. The van der Waals surface area contributed by atoms with Gasteiger partial charge in [0.1, 0.15) is 0 Å².